The van der Waals surface area contributed by atoms with Crippen molar-refractivity contribution in [2.24, 2.45) is 0 Å². The Labute approximate surface area is 131 Å². The van der Waals surface area contributed by atoms with Gasteiger partial charge in [-0.1, -0.05) is 11.6 Å². The molecule has 0 unspecified atom stereocenters. The van der Waals surface area contributed by atoms with Gasteiger partial charge < -0.3 is 14.7 Å². The van der Waals surface area contributed by atoms with Crippen LogP contribution in [0.25, 0.3) is 0 Å². The number of rotatable bonds is 6. The molecule has 0 spiro atoms. The van der Waals surface area contributed by atoms with Gasteiger partial charge in [0.15, 0.2) is 0 Å². The van der Waals surface area contributed by atoms with Gasteiger partial charge in [0.25, 0.3) is 5.91 Å². The Morgan fingerprint density at radius 3 is 2.52 bits per heavy atom. The average molecular weight is 314 g/mol. The van der Waals surface area contributed by atoms with Crippen molar-refractivity contribution in [2.45, 2.75) is 46.3 Å². The summed E-state index contributed by atoms with van der Waals surface area (Å²) >= 11 is 6.00. The minimum absolute atomic E-state index is 0.0397. The molecule has 0 aliphatic carbocycles. The second-order valence-electron chi connectivity index (χ2n) is 5.94. The summed E-state index contributed by atoms with van der Waals surface area (Å²) in [5.74, 6) is 0.311. The Kier molecular flexibility index (Phi) is 6.05. The van der Waals surface area contributed by atoms with E-state index >= 15 is 0 Å². The molecule has 4 nitrogen and oxygen atoms in total. The number of carbonyl (C=O) groups excluding carboxylic acids is 1. The summed E-state index contributed by atoms with van der Waals surface area (Å²) in [7, 11) is 0. The summed E-state index contributed by atoms with van der Waals surface area (Å²) in [5, 5.41) is 10.4. The van der Waals surface area contributed by atoms with Crippen LogP contribution >= 0.6 is 11.6 Å². The number of amides is 1. The zero-order valence-electron chi connectivity index (χ0n) is 13.3. The monoisotopic (exact) mass is 313 g/mol. The second kappa shape index (κ2) is 7.14. The number of benzene rings is 1. The van der Waals surface area contributed by atoms with E-state index in [1.807, 2.05) is 20.8 Å². The Balaban J connectivity index is 3.11. The number of nitrogens with zero attached hydrogens (tertiary/aromatic N) is 1. The molecule has 21 heavy (non-hydrogen) atoms. The zero-order valence-corrected chi connectivity index (χ0v) is 14.1. The molecule has 0 fully saturated rings. The van der Waals surface area contributed by atoms with Gasteiger partial charge in [-0.2, -0.15) is 0 Å². The van der Waals surface area contributed by atoms with Gasteiger partial charge >= 0.3 is 0 Å². The molecule has 5 heteroatoms. The number of ether oxygens (including phenoxy) is 1. The largest absolute Gasteiger partial charge is 0.490 e. The van der Waals surface area contributed by atoms with E-state index in [1.165, 1.54) is 0 Å². The van der Waals surface area contributed by atoms with Crippen molar-refractivity contribution in [2.75, 3.05) is 13.1 Å². The third-order valence-corrected chi connectivity index (χ3v) is 3.02. The lowest BCUT2D eigenvalue weighted by Gasteiger charge is -2.29. The fourth-order valence-corrected chi connectivity index (χ4v) is 2.16. The SMILES string of the molecule is CCN(CC(C)(C)O)C(=O)c1cc(Cl)ccc1OC(C)C. The van der Waals surface area contributed by atoms with E-state index in [0.29, 0.717) is 22.9 Å². The van der Waals surface area contributed by atoms with Crippen LogP contribution in [0.15, 0.2) is 18.2 Å². The van der Waals surface area contributed by atoms with Gasteiger partial charge in [-0.25, -0.2) is 0 Å². The lowest BCUT2D eigenvalue weighted by atomic mass is 10.1. The highest BCUT2D eigenvalue weighted by Crippen LogP contribution is 2.26. The standard InChI is InChI=1S/C16H24ClNO3/c1-6-18(10-16(4,5)20)15(19)13-9-12(17)7-8-14(13)21-11(2)3/h7-9,11,20H,6,10H2,1-5H3. The van der Waals surface area contributed by atoms with Crippen molar-refractivity contribution >= 4 is 17.5 Å². The molecule has 0 saturated heterocycles. The average Bonchev–Trinajstić information content (AvgIpc) is 2.35. The van der Waals surface area contributed by atoms with Gasteiger partial charge in [0.1, 0.15) is 5.75 Å². The Morgan fingerprint density at radius 1 is 1.43 bits per heavy atom. The van der Waals surface area contributed by atoms with Crippen LogP contribution in [-0.2, 0) is 0 Å². The molecular formula is C16H24ClNO3. The second-order valence-corrected chi connectivity index (χ2v) is 6.38. The van der Waals surface area contributed by atoms with Crippen molar-refractivity contribution in [3.63, 3.8) is 0 Å². The fourth-order valence-electron chi connectivity index (χ4n) is 1.99. The first-order valence-corrected chi connectivity index (χ1v) is 7.49. The van der Waals surface area contributed by atoms with Gasteiger partial charge in [0.05, 0.1) is 17.3 Å². The molecule has 1 aromatic rings. The van der Waals surface area contributed by atoms with Crippen molar-refractivity contribution in [1.82, 2.24) is 4.90 Å². The third-order valence-electron chi connectivity index (χ3n) is 2.78. The molecule has 118 valence electrons. The topological polar surface area (TPSA) is 49.8 Å². The van der Waals surface area contributed by atoms with Gasteiger partial charge in [-0.15, -0.1) is 0 Å². The van der Waals surface area contributed by atoms with Gasteiger partial charge in [0.2, 0.25) is 0 Å². The van der Waals surface area contributed by atoms with E-state index in [-0.39, 0.29) is 18.6 Å². The summed E-state index contributed by atoms with van der Waals surface area (Å²) in [5.41, 5.74) is -0.536. The van der Waals surface area contributed by atoms with E-state index in [1.54, 1.807) is 36.9 Å². The van der Waals surface area contributed by atoms with Crippen molar-refractivity contribution in [3.8, 4) is 5.75 Å². The van der Waals surface area contributed by atoms with Crippen LogP contribution in [-0.4, -0.2) is 40.7 Å². The summed E-state index contributed by atoms with van der Waals surface area (Å²) in [6, 6.07) is 5.00. The summed E-state index contributed by atoms with van der Waals surface area (Å²) in [4.78, 5) is 14.3. The molecule has 0 radical (unpaired) electrons. The number of likely N-dealkylation sites (N-methyl/N-ethyl adjacent to an activating group) is 1. The molecule has 0 aromatic heterocycles. The number of hydrogen-bond acceptors (Lipinski definition) is 3. The predicted molar refractivity (Wildman–Crippen MR) is 85.1 cm³/mol. The smallest absolute Gasteiger partial charge is 0.257 e. The number of halogens is 1. The molecular weight excluding hydrogens is 290 g/mol. The summed E-state index contributed by atoms with van der Waals surface area (Å²) in [6.07, 6.45) is -0.0397. The maximum atomic E-state index is 12.7. The van der Waals surface area contributed by atoms with E-state index in [0.717, 1.165) is 0 Å². The molecule has 1 amide bonds. The van der Waals surface area contributed by atoms with Gasteiger partial charge in [-0.05, 0) is 52.8 Å². The third kappa shape index (κ3) is 5.56. The maximum Gasteiger partial charge on any atom is 0.257 e. The molecule has 1 aromatic carbocycles. The zero-order chi connectivity index (χ0) is 16.2. The minimum Gasteiger partial charge on any atom is -0.490 e. The first kappa shape index (κ1) is 17.8. The molecule has 0 aliphatic rings. The number of aliphatic hydroxyl groups is 1. The van der Waals surface area contributed by atoms with Crippen LogP contribution in [0.5, 0.6) is 5.75 Å². The number of carbonyl (C=O) groups is 1. The molecule has 0 aliphatic heterocycles. The van der Waals surface area contributed by atoms with Gasteiger partial charge in [0, 0.05) is 18.1 Å². The first-order chi connectivity index (χ1) is 9.64. The minimum atomic E-state index is -0.955. The highest BCUT2D eigenvalue weighted by molar-refractivity contribution is 6.31. The van der Waals surface area contributed by atoms with Crippen LogP contribution in [0.1, 0.15) is 45.0 Å². The van der Waals surface area contributed by atoms with Crippen molar-refractivity contribution in [1.29, 1.82) is 0 Å². The quantitative estimate of drug-likeness (QED) is 0.876. The molecule has 1 N–H and O–H groups in total. The highest BCUT2D eigenvalue weighted by Gasteiger charge is 2.24. The highest BCUT2D eigenvalue weighted by atomic mass is 35.5. The van der Waals surface area contributed by atoms with Crippen LogP contribution in [0.4, 0.5) is 0 Å². The van der Waals surface area contributed by atoms with Crippen molar-refractivity contribution < 1.29 is 14.6 Å². The van der Waals surface area contributed by atoms with Crippen LogP contribution in [0.2, 0.25) is 5.02 Å². The van der Waals surface area contributed by atoms with Crippen LogP contribution in [0, 0.1) is 0 Å². The molecule has 0 bridgehead atoms. The van der Waals surface area contributed by atoms with E-state index in [4.69, 9.17) is 16.3 Å². The lowest BCUT2D eigenvalue weighted by molar-refractivity contribution is 0.0312. The summed E-state index contributed by atoms with van der Waals surface area (Å²) < 4.78 is 5.68. The van der Waals surface area contributed by atoms with Crippen molar-refractivity contribution in [3.05, 3.63) is 28.8 Å². The van der Waals surface area contributed by atoms with Crippen LogP contribution in [0.3, 0.4) is 0 Å². The molecule has 0 heterocycles. The molecule has 1 rings (SSSR count). The molecule has 0 saturated carbocycles. The Morgan fingerprint density at radius 2 is 2.05 bits per heavy atom. The Bertz CT molecular complexity index is 495. The van der Waals surface area contributed by atoms with Crippen LogP contribution < -0.4 is 4.74 Å². The normalized spacial score (nSPS) is 11.6. The van der Waals surface area contributed by atoms with Gasteiger partial charge in [-0.3, -0.25) is 4.79 Å². The fraction of sp³-hybridized carbons (Fsp3) is 0.562. The van der Waals surface area contributed by atoms with E-state index in [9.17, 15) is 9.90 Å². The lowest BCUT2D eigenvalue weighted by Crippen LogP contribution is -2.42. The number of hydrogen-bond donors (Lipinski definition) is 1. The molecule has 0 atom stereocenters. The maximum absolute atomic E-state index is 12.7. The Hall–Kier alpha value is -1.26. The predicted octanol–water partition coefficient (Wildman–Crippen LogP) is 3.36. The van der Waals surface area contributed by atoms with E-state index < -0.39 is 5.60 Å². The van der Waals surface area contributed by atoms with E-state index in [2.05, 4.69) is 0 Å². The first-order valence-electron chi connectivity index (χ1n) is 7.12. The summed E-state index contributed by atoms with van der Waals surface area (Å²) in [6.45, 7) is 9.76.